The van der Waals surface area contributed by atoms with Crippen LogP contribution in [-0.2, 0) is 0 Å². The molecule has 2 aromatic carbocycles. The molecule has 3 rings (SSSR count). The fourth-order valence-electron chi connectivity index (χ4n) is 2.52. The first kappa shape index (κ1) is 15.0. The van der Waals surface area contributed by atoms with Gasteiger partial charge in [0.05, 0.1) is 26.8 Å². The van der Waals surface area contributed by atoms with Crippen LogP contribution >= 0.6 is 0 Å². The quantitative estimate of drug-likeness (QED) is 0.772. The number of hydrogen-bond donors (Lipinski definition) is 1. The maximum Gasteiger partial charge on any atom is 0.203 e. The van der Waals surface area contributed by atoms with Crippen molar-refractivity contribution in [3.8, 4) is 17.2 Å². The molecule has 1 heterocycles. The third kappa shape index (κ3) is 2.85. The minimum Gasteiger partial charge on any atom is -0.493 e. The molecule has 0 amide bonds. The van der Waals surface area contributed by atoms with E-state index in [2.05, 4.69) is 10.3 Å². The minimum absolute atomic E-state index is 0.570. The molecule has 0 aliphatic rings. The molecule has 1 aromatic heterocycles. The van der Waals surface area contributed by atoms with Gasteiger partial charge < -0.3 is 19.5 Å². The van der Waals surface area contributed by atoms with E-state index in [0.29, 0.717) is 17.2 Å². The number of pyridine rings is 1. The van der Waals surface area contributed by atoms with Crippen LogP contribution in [-0.4, -0.2) is 26.3 Å². The SMILES string of the molecule is COc1cc(Nc2cccc3ncccc23)cc(OC)c1OC. The molecule has 5 nitrogen and oxygen atoms in total. The summed E-state index contributed by atoms with van der Waals surface area (Å²) in [4.78, 5) is 4.37. The fraction of sp³-hybridized carbons (Fsp3) is 0.167. The summed E-state index contributed by atoms with van der Waals surface area (Å²) >= 11 is 0. The molecule has 118 valence electrons. The van der Waals surface area contributed by atoms with Crippen molar-refractivity contribution in [2.75, 3.05) is 26.6 Å². The Balaban J connectivity index is 2.05. The van der Waals surface area contributed by atoms with Crippen molar-refractivity contribution in [1.82, 2.24) is 4.98 Å². The molecule has 0 saturated heterocycles. The van der Waals surface area contributed by atoms with E-state index < -0.39 is 0 Å². The van der Waals surface area contributed by atoms with Crippen LogP contribution in [0, 0.1) is 0 Å². The molecular weight excluding hydrogens is 292 g/mol. The summed E-state index contributed by atoms with van der Waals surface area (Å²) in [5.74, 6) is 1.78. The van der Waals surface area contributed by atoms with E-state index in [9.17, 15) is 0 Å². The van der Waals surface area contributed by atoms with Crippen LogP contribution in [0.3, 0.4) is 0 Å². The van der Waals surface area contributed by atoms with Gasteiger partial charge in [0.2, 0.25) is 5.75 Å². The number of fused-ring (bicyclic) bond motifs is 1. The van der Waals surface area contributed by atoms with Crippen LogP contribution < -0.4 is 19.5 Å². The topological polar surface area (TPSA) is 52.6 Å². The third-order valence-electron chi connectivity index (χ3n) is 3.59. The van der Waals surface area contributed by atoms with Gasteiger partial charge in [0, 0.05) is 35.1 Å². The Labute approximate surface area is 134 Å². The second-order valence-corrected chi connectivity index (χ2v) is 4.91. The largest absolute Gasteiger partial charge is 0.493 e. The lowest BCUT2D eigenvalue weighted by Gasteiger charge is -2.15. The van der Waals surface area contributed by atoms with Crippen LogP contribution in [0.15, 0.2) is 48.7 Å². The Kier molecular flexibility index (Phi) is 4.19. The van der Waals surface area contributed by atoms with Gasteiger partial charge in [0.15, 0.2) is 11.5 Å². The number of ether oxygens (including phenoxy) is 3. The third-order valence-corrected chi connectivity index (χ3v) is 3.59. The number of nitrogens with zero attached hydrogens (tertiary/aromatic N) is 1. The molecule has 23 heavy (non-hydrogen) atoms. The molecule has 0 saturated carbocycles. The number of rotatable bonds is 5. The average molecular weight is 310 g/mol. The van der Waals surface area contributed by atoms with Crippen molar-refractivity contribution in [3.63, 3.8) is 0 Å². The summed E-state index contributed by atoms with van der Waals surface area (Å²) < 4.78 is 16.1. The monoisotopic (exact) mass is 310 g/mol. The van der Waals surface area contributed by atoms with Gasteiger partial charge in [-0.1, -0.05) is 6.07 Å². The smallest absolute Gasteiger partial charge is 0.203 e. The lowest BCUT2D eigenvalue weighted by atomic mass is 10.1. The van der Waals surface area contributed by atoms with Gasteiger partial charge in [-0.25, -0.2) is 0 Å². The van der Waals surface area contributed by atoms with Crippen LogP contribution in [0.1, 0.15) is 0 Å². The number of benzene rings is 2. The van der Waals surface area contributed by atoms with Crippen molar-refractivity contribution in [2.24, 2.45) is 0 Å². The number of hydrogen-bond acceptors (Lipinski definition) is 5. The number of methoxy groups -OCH3 is 3. The van der Waals surface area contributed by atoms with Crippen LogP contribution in [0.4, 0.5) is 11.4 Å². The Bertz CT molecular complexity index is 803. The van der Waals surface area contributed by atoms with E-state index in [0.717, 1.165) is 22.3 Å². The maximum absolute atomic E-state index is 5.39. The summed E-state index contributed by atoms with van der Waals surface area (Å²) in [6.45, 7) is 0. The Morgan fingerprint density at radius 3 is 2.26 bits per heavy atom. The van der Waals surface area contributed by atoms with E-state index in [-0.39, 0.29) is 0 Å². The first-order valence-corrected chi connectivity index (χ1v) is 7.17. The molecule has 0 aliphatic heterocycles. The predicted octanol–water partition coefficient (Wildman–Crippen LogP) is 4.00. The molecule has 0 unspecified atom stereocenters. The van der Waals surface area contributed by atoms with E-state index in [1.165, 1.54) is 0 Å². The Morgan fingerprint density at radius 2 is 1.61 bits per heavy atom. The summed E-state index contributed by atoms with van der Waals surface area (Å²) in [5.41, 5.74) is 2.74. The summed E-state index contributed by atoms with van der Waals surface area (Å²) in [5, 5.41) is 4.44. The normalized spacial score (nSPS) is 10.4. The highest BCUT2D eigenvalue weighted by molar-refractivity contribution is 5.93. The molecule has 3 aromatic rings. The number of anilines is 2. The highest BCUT2D eigenvalue weighted by Crippen LogP contribution is 2.41. The van der Waals surface area contributed by atoms with Gasteiger partial charge in [-0.3, -0.25) is 4.98 Å². The maximum atomic E-state index is 5.39. The van der Waals surface area contributed by atoms with E-state index in [4.69, 9.17) is 14.2 Å². The molecule has 0 spiro atoms. The highest BCUT2D eigenvalue weighted by atomic mass is 16.5. The van der Waals surface area contributed by atoms with Crippen molar-refractivity contribution in [3.05, 3.63) is 48.7 Å². The first-order chi connectivity index (χ1) is 11.3. The second-order valence-electron chi connectivity index (χ2n) is 4.91. The standard InChI is InChI=1S/C18H18N2O3/c1-21-16-10-12(11-17(22-2)18(16)23-3)20-15-8-4-7-14-13(15)6-5-9-19-14/h4-11,20H,1-3H3. The Hall–Kier alpha value is -2.95. The molecule has 5 heteroatoms. The van der Waals surface area contributed by atoms with Crippen LogP contribution in [0.2, 0.25) is 0 Å². The van der Waals surface area contributed by atoms with Crippen LogP contribution in [0.5, 0.6) is 17.2 Å². The lowest BCUT2D eigenvalue weighted by molar-refractivity contribution is 0.324. The van der Waals surface area contributed by atoms with Gasteiger partial charge in [-0.05, 0) is 24.3 Å². The van der Waals surface area contributed by atoms with Crippen molar-refractivity contribution in [1.29, 1.82) is 0 Å². The first-order valence-electron chi connectivity index (χ1n) is 7.17. The number of nitrogens with one attached hydrogen (secondary N) is 1. The molecule has 0 bridgehead atoms. The van der Waals surface area contributed by atoms with Gasteiger partial charge in [-0.2, -0.15) is 0 Å². The number of aromatic nitrogens is 1. The summed E-state index contributed by atoms with van der Waals surface area (Å²) in [7, 11) is 4.79. The zero-order valence-corrected chi connectivity index (χ0v) is 13.3. The molecular formula is C18H18N2O3. The van der Waals surface area contributed by atoms with E-state index in [1.54, 1.807) is 27.5 Å². The van der Waals surface area contributed by atoms with E-state index in [1.807, 2.05) is 42.5 Å². The lowest BCUT2D eigenvalue weighted by Crippen LogP contribution is -1.98. The summed E-state index contributed by atoms with van der Waals surface area (Å²) in [6.07, 6.45) is 1.78. The predicted molar refractivity (Wildman–Crippen MR) is 91.1 cm³/mol. The minimum atomic E-state index is 0.570. The van der Waals surface area contributed by atoms with Crippen molar-refractivity contribution >= 4 is 22.3 Å². The van der Waals surface area contributed by atoms with E-state index >= 15 is 0 Å². The van der Waals surface area contributed by atoms with Crippen LogP contribution in [0.25, 0.3) is 10.9 Å². The van der Waals surface area contributed by atoms with Crippen molar-refractivity contribution in [2.45, 2.75) is 0 Å². The zero-order valence-electron chi connectivity index (χ0n) is 13.3. The second kappa shape index (κ2) is 6.44. The molecule has 1 N–H and O–H groups in total. The molecule has 0 aliphatic carbocycles. The molecule has 0 radical (unpaired) electrons. The highest BCUT2D eigenvalue weighted by Gasteiger charge is 2.13. The average Bonchev–Trinajstić information content (AvgIpc) is 2.61. The summed E-state index contributed by atoms with van der Waals surface area (Å²) in [6, 6.07) is 13.6. The molecule has 0 fully saturated rings. The fourth-order valence-corrected chi connectivity index (χ4v) is 2.52. The zero-order chi connectivity index (χ0) is 16.2. The van der Waals surface area contributed by atoms with Gasteiger partial charge in [-0.15, -0.1) is 0 Å². The van der Waals surface area contributed by atoms with Gasteiger partial charge >= 0.3 is 0 Å². The molecule has 0 atom stereocenters. The van der Waals surface area contributed by atoms with Gasteiger partial charge in [0.25, 0.3) is 0 Å². The Morgan fingerprint density at radius 1 is 0.870 bits per heavy atom. The van der Waals surface area contributed by atoms with Crippen molar-refractivity contribution < 1.29 is 14.2 Å². The van der Waals surface area contributed by atoms with Gasteiger partial charge in [0.1, 0.15) is 0 Å².